The van der Waals surface area contributed by atoms with Crippen molar-refractivity contribution < 1.29 is 32.7 Å². The molecule has 3 fully saturated rings. The number of hydrogen-bond acceptors (Lipinski definition) is 7. The van der Waals surface area contributed by atoms with Crippen LogP contribution in [0.2, 0.25) is 0 Å². The van der Waals surface area contributed by atoms with E-state index in [9.17, 15) is 32.7 Å². The van der Waals surface area contributed by atoms with Crippen LogP contribution in [-0.4, -0.2) is 77.0 Å². The van der Waals surface area contributed by atoms with Crippen molar-refractivity contribution >= 4 is 23.7 Å². The lowest BCUT2D eigenvalue weighted by Gasteiger charge is -2.43. The molecule has 13 heteroatoms. The fourth-order valence-electron chi connectivity index (χ4n) is 8.15. The second-order valence-corrected chi connectivity index (χ2v) is 14.9. The Morgan fingerprint density at radius 3 is 1.86 bits per heavy atom. The summed E-state index contributed by atoms with van der Waals surface area (Å²) in [5.74, 6) is -0.897. The Labute approximate surface area is 325 Å². The van der Waals surface area contributed by atoms with E-state index in [4.69, 9.17) is 0 Å². The molecule has 3 aliphatic heterocycles. The number of rotatable bonds is 8. The van der Waals surface area contributed by atoms with Gasteiger partial charge in [0.05, 0.1) is 16.9 Å². The molecule has 3 aliphatic rings. The first kappa shape index (κ1) is 40.4. The second kappa shape index (κ2) is 17.7. The molecule has 0 spiro atoms. The zero-order chi connectivity index (χ0) is 39.8. The Hall–Kier alpha value is -5.30. The number of hydrogen-bond donors (Lipinski definition) is 3. The molecule has 4 aromatic rings. The van der Waals surface area contributed by atoms with Crippen LogP contribution in [0.4, 0.5) is 19.1 Å². The number of aromatic nitrogens is 2. The number of amides is 2. The van der Waals surface area contributed by atoms with Gasteiger partial charge in [-0.05, 0) is 81.3 Å². The number of benzene rings is 3. The van der Waals surface area contributed by atoms with Gasteiger partial charge in [0.1, 0.15) is 5.69 Å². The number of carbonyl (C=O) groups excluding carboxylic acids is 2. The third kappa shape index (κ3) is 9.04. The van der Waals surface area contributed by atoms with Gasteiger partial charge >= 0.3 is 12.1 Å². The molecule has 2 amide bonds. The first-order chi connectivity index (χ1) is 26.9. The molecule has 1 aromatic heterocycles. The number of likely N-dealkylation sites (tertiary alicyclic amines) is 1. The molecule has 296 valence electrons. The van der Waals surface area contributed by atoms with Crippen molar-refractivity contribution in [2.75, 3.05) is 44.2 Å². The molecule has 3 N–H and O–H groups in total. The monoisotopic (exact) mass is 770 g/mol. The van der Waals surface area contributed by atoms with Crippen molar-refractivity contribution in [1.82, 2.24) is 25.5 Å². The Bertz CT molecular complexity index is 1910. The summed E-state index contributed by atoms with van der Waals surface area (Å²) in [6.45, 7) is 5.25. The molecule has 1 atom stereocenters. The van der Waals surface area contributed by atoms with Crippen molar-refractivity contribution in [1.29, 1.82) is 0 Å². The lowest BCUT2D eigenvalue weighted by Crippen LogP contribution is -2.54. The van der Waals surface area contributed by atoms with Crippen molar-refractivity contribution in [3.63, 3.8) is 0 Å². The maximum Gasteiger partial charge on any atom is 0.433 e. The first-order valence-electron chi connectivity index (χ1n) is 19.3. The minimum Gasteiger partial charge on any atom is -0.481 e. The minimum atomic E-state index is -4.54. The summed E-state index contributed by atoms with van der Waals surface area (Å²) in [6.07, 6.45) is -0.0437. The number of piperidine rings is 3. The number of nitrogens with one attached hydrogen (secondary N) is 2. The van der Waals surface area contributed by atoms with Gasteiger partial charge in [-0.1, -0.05) is 91.0 Å². The van der Waals surface area contributed by atoms with Crippen molar-refractivity contribution in [3.05, 3.63) is 126 Å². The number of nitrogens with zero attached hydrogens (tertiary/aromatic N) is 4. The lowest BCUT2D eigenvalue weighted by molar-refractivity contribution is -0.145. The number of halogens is 3. The van der Waals surface area contributed by atoms with Crippen molar-refractivity contribution in [3.8, 4) is 0 Å². The molecule has 7 rings (SSSR count). The molecule has 0 radical (unpaired) electrons. The predicted octanol–water partition coefficient (Wildman–Crippen LogP) is 6.54. The summed E-state index contributed by atoms with van der Waals surface area (Å²) in [6, 6.07) is 29.8. The third-order valence-corrected chi connectivity index (χ3v) is 11.6. The zero-order valence-electron chi connectivity index (χ0n) is 31.5. The standard InChI is InChI=1S/C31H34F3N5O2.C12H15NO2/c1-22(23-8-4-2-5-9-23)36-28(41)30(25-10-6-3-7-11-25)15-20-38(21-16-30)27(40)24-13-18-39(19-14-24)29-35-17-12-26(37-29)31(32,33)34;14-11(15)12(6-8-13-9-7-12)10-4-2-1-3-5-10/h2-12,17,22,24H,13-16,18-21H2,1H3,(H,36,41);1-5,13H,6-9H2,(H,14,15)/t22-;/m0./s1. The molecular formula is C43H49F3N6O4. The molecular weight excluding hydrogens is 722 g/mol. The van der Waals surface area contributed by atoms with E-state index >= 15 is 0 Å². The van der Waals surface area contributed by atoms with Gasteiger partial charge in [0.15, 0.2) is 0 Å². The van der Waals surface area contributed by atoms with Gasteiger partial charge in [-0.25, -0.2) is 9.97 Å². The van der Waals surface area contributed by atoms with E-state index in [1.165, 1.54) is 0 Å². The number of carboxylic acid groups (broad SMARTS) is 1. The molecule has 0 bridgehead atoms. The third-order valence-electron chi connectivity index (χ3n) is 11.6. The molecule has 0 aliphatic carbocycles. The number of aliphatic carboxylic acids is 1. The molecule has 56 heavy (non-hydrogen) atoms. The van der Waals surface area contributed by atoms with E-state index in [-0.39, 0.29) is 29.7 Å². The van der Waals surface area contributed by atoms with E-state index in [2.05, 4.69) is 20.6 Å². The highest BCUT2D eigenvalue weighted by molar-refractivity contribution is 5.89. The van der Waals surface area contributed by atoms with Gasteiger partial charge < -0.3 is 25.5 Å². The second-order valence-electron chi connectivity index (χ2n) is 14.9. The number of anilines is 1. The van der Waals surface area contributed by atoms with Crippen molar-refractivity contribution in [2.45, 2.75) is 68.5 Å². The lowest BCUT2D eigenvalue weighted by atomic mass is 9.71. The summed E-state index contributed by atoms with van der Waals surface area (Å²) >= 11 is 0. The largest absolute Gasteiger partial charge is 0.481 e. The van der Waals surface area contributed by atoms with Crippen LogP contribution in [0.5, 0.6) is 0 Å². The van der Waals surface area contributed by atoms with Gasteiger partial charge in [-0.2, -0.15) is 13.2 Å². The normalized spacial score (nSPS) is 18.9. The van der Waals surface area contributed by atoms with Crippen LogP contribution in [0.3, 0.4) is 0 Å². The number of alkyl halides is 3. The SMILES string of the molecule is C[C@H](NC(=O)C1(c2ccccc2)CCN(C(=O)C2CCN(c3nccc(C(F)(F)F)n3)CC2)CC1)c1ccccc1.O=C(O)C1(c2ccccc2)CCNCC1. The molecule has 4 heterocycles. The molecule has 0 saturated carbocycles. The summed E-state index contributed by atoms with van der Waals surface area (Å²) in [5, 5.41) is 15.8. The van der Waals surface area contributed by atoms with E-state index in [1.54, 1.807) is 4.90 Å². The molecule has 3 aromatic carbocycles. The van der Waals surface area contributed by atoms with Crippen LogP contribution >= 0.6 is 0 Å². The van der Waals surface area contributed by atoms with Crippen LogP contribution in [0.1, 0.15) is 73.9 Å². The number of carbonyl (C=O) groups is 3. The average molecular weight is 771 g/mol. The van der Waals surface area contributed by atoms with E-state index < -0.39 is 28.7 Å². The summed E-state index contributed by atoms with van der Waals surface area (Å²) in [7, 11) is 0. The zero-order valence-corrected chi connectivity index (χ0v) is 31.5. The highest BCUT2D eigenvalue weighted by Gasteiger charge is 2.45. The average Bonchev–Trinajstić information content (AvgIpc) is 3.24. The van der Waals surface area contributed by atoms with Crippen LogP contribution in [0.25, 0.3) is 0 Å². The first-order valence-corrected chi connectivity index (χ1v) is 19.3. The van der Waals surface area contributed by atoms with Gasteiger partial charge in [-0.15, -0.1) is 0 Å². The van der Waals surface area contributed by atoms with Crippen LogP contribution in [-0.2, 0) is 31.4 Å². The quantitative estimate of drug-likeness (QED) is 0.184. The Morgan fingerprint density at radius 1 is 0.786 bits per heavy atom. The van der Waals surface area contributed by atoms with E-state index in [0.717, 1.165) is 42.0 Å². The molecule has 3 saturated heterocycles. The Kier molecular flexibility index (Phi) is 12.7. The summed E-state index contributed by atoms with van der Waals surface area (Å²) < 4.78 is 39.2. The number of carboxylic acids is 1. The van der Waals surface area contributed by atoms with Crippen LogP contribution in [0, 0.1) is 5.92 Å². The van der Waals surface area contributed by atoms with Crippen molar-refractivity contribution in [2.24, 2.45) is 5.92 Å². The summed E-state index contributed by atoms with van der Waals surface area (Å²) in [4.78, 5) is 50.0. The maximum absolute atomic E-state index is 13.8. The van der Waals surface area contributed by atoms with Gasteiger partial charge in [0, 0.05) is 38.3 Å². The Balaban J connectivity index is 0.000000295. The summed E-state index contributed by atoms with van der Waals surface area (Å²) in [5.41, 5.74) is 0.507. The Morgan fingerprint density at radius 2 is 1.32 bits per heavy atom. The van der Waals surface area contributed by atoms with Gasteiger partial charge in [-0.3, -0.25) is 14.4 Å². The fraction of sp³-hybridized carbons (Fsp3) is 0.419. The predicted molar refractivity (Wildman–Crippen MR) is 207 cm³/mol. The molecule has 0 unspecified atom stereocenters. The van der Waals surface area contributed by atoms with E-state index in [0.29, 0.717) is 64.7 Å². The van der Waals surface area contributed by atoms with Crippen LogP contribution in [0.15, 0.2) is 103 Å². The van der Waals surface area contributed by atoms with Crippen LogP contribution < -0.4 is 15.5 Å². The fourth-order valence-corrected chi connectivity index (χ4v) is 8.15. The highest BCUT2D eigenvalue weighted by Crippen LogP contribution is 2.38. The highest BCUT2D eigenvalue weighted by atomic mass is 19.4. The van der Waals surface area contributed by atoms with Gasteiger partial charge in [0.2, 0.25) is 17.8 Å². The maximum atomic E-state index is 13.8. The minimum absolute atomic E-state index is 0.0343. The van der Waals surface area contributed by atoms with E-state index in [1.807, 2.05) is 103 Å². The molecule has 10 nitrogen and oxygen atoms in total. The smallest absolute Gasteiger partial charge is 0.433 e. The topological polar surface area (TPSA) is 128 Å². The van der Waals surface area contributed by atoms with Gasteiger partial charge in [0.25, 0.3) is 0 Å².